The summed E-state index contributed by atoms with van der Waals surface area (Å²) >= 11 is 0. The standard InChI is InChI=1S/C9H9N3O/c1-2-10-12-9-11-7-5-3-4-6-8(7)13-9/h2-6H,1H3,(H,11,12)/b10-2-. The number of benzene rings is 1. The highest BCUT2D eigenvalue weighted by Crippen LogP contribution is 2.17. The number of anilines is 1. The molecule has 1 N–H and O–H groups in total. The van der Waals surface area contributed by atoms with Crippen LogP contribution in [0.1, 0.15) is 6.92 Å². The van der Waals surface area contributed by atoms with Crippen molar-refractivity contribution < 1.29 is 4.42 Å². The fourth-order valence-corrected chi connectivity index (χ4v) is 1.04. The number of rotatable bonds is 2. The van der Waals surface area contributed by atoms with Crippen molar-refractivity contribution in [1.82, 2.24) is 4.98 Å². The van der Waals surface area contributed by atoms with Gasteiger partial charge < -0.3 is 4.42 Å². The molecular formula is C9H9N3O. The highest BCUT2D eigenvalue weighted by molar-refractivity contribution is 5.74. The zero-order valence-corrected chi connectivity index (χ0v) is 7.19. The molecule has 13 heavy (non-hydrogen) atoms. The first-order chi connectivity index (χ1) is 6.40. The molecule has 0 aliphatic heterocycles. The van der Waals surface area contributed by atoms with Crippen molar-refractivity contribution in [2.75, 3.05) is 5.43 Å². The van der Waals surface area contributed by atoms with E-state index in [1.54, 1.807) is 6.21 Å². The Hall–Kier alpha value is -1.84. The van der Waals surface area contributed by atoms with Crippen LogP contribution in [0.5, 0.6) is 0 Å². The lowest BCUT2D eigenvalue weighted by atomic mass is 10.3. The van der Waals surface area contributed by atoms with E-state index in [1.165, 1.54) is 0 Å². The molecule has 0 saturated heterocycles. The van der Waals surface area contributed by atoms with Gasteiger partial charge in [0.1, 0.15) is 5.52 Å². The van der Waals surface area contributed by atoms with E-state index in [4.69, 9.17) is 4.42 Å². The van der Waals surface area contributed by atoms with Crippen LogP contribution in [0.15, 0.2) is 33.8 Å². The third-order valence-electron chi connectivity index (χ3n) is 1.58. The molecule has 0 bridgehead atoms. The van der Waals surface area contributed by atoms with Crippen molar-refractivity contribution >= 4 is 23.3 Å². The third kappa shape index (κ3) is 1.51. The average Bonchev–Trinajstić information content (AvgIpc) is 2.57. The number of fused-ring (bicyclic) bond motifs is 1. The van der Waals surface area contributed by atoms with Gasteiger partial charge in [-0.05, 0) is 19.1 Å². The number of nitrogens with zero attached hydrogens (tertiary/aromatic N) is 2. The molecule has 0 unspecified atom stereocenters. The summed E-state index contributed by atoms with van der Waals surface area (Å²) in [7, 11) is 0. The number of oxazole rings is 1. The van der Waals surface area contributed by atoms with Crippen LogP contribution in [0.3, 0.4) is 0 Å². The van der Waals surface area contributed by atoms with E-state index in [0.29, 0.717) is 6.01 Å². The number of hydrogen-bond acceptors (Lipinski definition) is 4. The summed E-state index contributed by atoms with van der Waals surface area (Å²) in [4.78, 5) is 4.16. The minimum atomic E-state index is 0.416. The quantitative estimate of drug-likeness (QED) is 0.562. The second-order valence-electron chi connectivity index (χ2n) is 2.49. The van der Waals surface area contributed by atoms with Gasteiger partial charge >= 0.3 is 6.01 Å². The number of para-hydroxylation sites is 2. The first-order valence-corrected chi connectivity index (χ1v) is 3.99. The van der Waals surface area contributed by atoms with Crippen LogP contribution in [0.2, 0.25) is 0 Å². The summed E-state index contributed by atoms with van der Waals surface area (Å²) < 4.78 is 5.33. The third-order valence-corrected chi connectivity index (χ3v) is 1.58. The van der Waals surface area contributed by atoms with Crippen LogP contribution < -0.4 is 5.43 Å². The van der Waals surface area contributed by atoms with E-state index in [1.807, 2.05) is 31.2 Å². The Morgan fingerprint density at radius 2 is 2.31 bits per heavy atom. The molecule has 2 aromatic rings. The van der Waals surface area contributed by atoms with Gasteiger partial charge in [0.05, 0.1) is 0 Å². The molecule has 0 spiro atoms. The zero-order chi connectivity index (χ0) is 9.10. The van der Waals surface area contributed by atoms with E-state index in [9.17, 15) is 0 Å². The SMILES string of the molecule is C/C=N\Nc1nc2ccccc2o1. The molecule has 4 nitrogen and oxygen atoms in total. The number of hydrazone groups is 1. The summed E-state index contributed by atoms with van der Waals surface area (Å²) in [5, 5.41) is 3.81. The molecule has 0 fully saturated rings. The average molecular weight is 175 g/mol. The molecule has 0 saturated carbocycles. The van der Waals surface area contributed by atoms with Gasteiger partial charge in [0.25, 0.3) is 0 Å². The predicted molar refractivity (Wildman–Crippen MR) is 51.8 cm³/mol. The molecule has 0 radical (unpaired) electrons. The van der Waals surface area contributed by atoms with Crippen LogP contribution in [0.25, 0.3) is 11.1 Å². The largest absolute Gasteiger partial charge is 0.422 e. The van der Waals surface area contributed by atoms with E-state index >= 15 is 0 Å². The van der Waals surface area contributed by atoms with Gasteiger partial charge in [-0.2, -0.15) is 10.1 Å². The van der Waals surface area contributed by atoms with Gasteiger partial charge in [-0.1, -0.05) is 12.1 Å². The summed E-state index contributed by atoms with van der Waals surface area (Å²) in [6.07, 6.45) is 1.63. The lowest BCUT2D eigenvalue weighted by Crippen LogP contribution is -1.86. The van der Waals surface area contributed by atoms with Gasteiger partial charge in [0.2, 0.25) is 0 Å². The highest BCUT2D eigenvalue weighted by atomic mass is 16.4. The number of nitrogens with one attached hydrogen (secondary N) is 1. The van der Waals surface area contributed by atoms with Crippen LogP contribution in [0, 0.1) is 0 Å². The lowest BCUT2D eigenvalue weighted by molar-refractivity contribution is 0.617. The monoisotopic (exact) mass is 175 g/mol. The Morgan fingerprint density at radius 3 is 3.08 bits per heavy atom. The Bertz CT molecular complexity index is 400. The van der Waals surface area contributed by atoms with Crippen LogP contribution in [-0.2, 0) is 0 Å². The lowest BCUT2D eigenvalue weighted by Gasteiger charge is -1.87. The van der Waals surface area contributed by atoms with Crippen LogP contribution in [-0.4, -0.2) is 11.2 Å². The maximum Gasteiger partial charge on any atom is 0.316 e. The number of hydrogen-bond donors (Lipinski definition) is 1. The molecule has 1 aromatic heterocycles. The summed E-state index contributed by atoms with van der Waals surface area (Å²) in [5.41, 5.74) is 4.27. The molecule has 0 aliphatic carbocycles. The van der Waals surface area contributed by atoms with Gasteiger partial charge in [-0.25, -0.2) is 5.43 Å². The van der Waals surface area contributed by atoms with Crippen molar-refractivity contribution in [3.63, 3.8) is 0 Å². The summed E-state index contributed by atoms with van der Waals surface area (Å²) in [6.45, 7) is 1.82. The highest BCUT2D eigenvalue weighted by Gasteiger charge is 2.01. The molecule has 66 valence electrons. The summed E-state index contributed by atoms with van der Waals surface area (Å²) in [6, 6.07) is 7.99. The van der Waals surface area contributed by atoms with Crippen molar-refractivity contribution in [1.29, 1.82) is 0 Å². The topological polar surface area (TPSA) is 50.4 Å². The van der Waals surface area contributed by atoms with Gasteiger partial charge in [-0.3, -0.25) is 0 Å². The molecule has 0 aliphatic rings. The molecular weight excluding hydrogens is 166 g/mol. The maximum atomic E-state index is 5.33. The van der Waals surface area contributed by atoms with Gasteiger partial charge in [0, 0.05) is 6.21 Å². The molecule has 4 heteroatoms. The van der Waals surface area contributed by atoms with Gasteiger partial charge in [0.15, 0.2) is 5.58 Å². The molecule has 1 heterocycles. The van der Waals surface area contributed by atoms with E-state index in [0.717, 1.165) is 11.1 Å². The minimum Gasteiger partial charge on any atom is -0.422 e. The normalized spacial score (nSPS) is 11.2. The minimum absolute atomic E-state index is 0.416. The zero-order valence-electron chi connectivity index (χ0n) is 7.19. The second-order valence-corrected chi connectivity index (χ2v) is 2.49. The Morgan fingerprint density at radius 1 is 1.46 bits per heavy atom. The van der Waals surface area contributed by atoms with E-state index < -0.39 is 0 Å². The molecule has 2 rings (SSSR count). The van der Waals surface area contributed by atoms with Crippen molar-refractivity contribution in [3.05, 3.63) is 24.3 Å². The predicted octanol–water partition coefficient (Wildman–Crippen LogP) is 2.25. The first kappa shape index (κ1) is 7.79. The second kappa shape index (κ2) is 3.26. The van der Waals surface area contributed by atoms with Gasteiger partial charge in [-0.15, -0.1) is 0 Å². The Labute approximate surface area is 75.3 Å². The maximum absolute atomic E-state index is 5.33. The Kier molecular flexibility index (Phi) is 1.96. The van der Waals surface area contributed by atoms with E-state index in [-0.39, 0.29) is 0 Å². The van der Waals surface area contributed by atoms with Crippen molar-refractivity contribution in [2.45, 2.75) is 6.92 Å². The Balaban J connectivity index is 2.38. The number of aromatic nitrogens is 1. The van der Waals surface area contributed by atoms with Crippen LogP contribution >= 0.6 is 0 Å². The smallest absolute Gasteiger partial charge is 0.316 e. The van der Waals surface area contributed by atoms with Crippen LogP contribution in [0.4, 0.5) is 6.01 Å². The van der Waals surface area contributed by atoms with E-state index in [2.05, 4.69) is 15.5 Å². The molecule has 0 amide bonds. The van der Waals surface area contributed by atoms with Crippen molar-refractivity contribution in [3.8, 4) is 0 Å². The first-order valence-electron chi connectivity index (χ1n) is 3.99. The fraction of sp³-hybridized carbons (Fsp3) is 0.111. The fourth-order valence-electron chi connectivity index (χ4n) is 1.04. The summed E-state index contributed by atoms with van der Waals surface area (Å²) in [5.74, 6) is 0. The molecule has 1 aromatic carbocycles. The van der Waals surface area contributed by atoms with Crippen molar-refractivity contribution in [2.24, 2.45) is 5.10 Å². The molecule has 0 atom stereocenters.